The van der Waals surface area contributed by atoms with Crippen LogP contribution in [0, 0.1) is 0 Å². The molecule has 158 valence electrons. The fraction of sp³-hybridized carbons (Fsp3) is 0.350. The van der Waals surface area contributed by atoms with Crippen LogP contribution in [0.15, 0.2) is 48.5 Å². The first-order valence-corrected chi connectivity index (χ1v) is 12.3. The van der Waals surface area contributed by atoms with Crippen LogP contribution < -0.4 is 14.4 Å². The number of rotatable bonds is 10. The molecule has 1 atom stereocenters. The zero-order valence-electron chi connectivity index (χ0n) is 16.6. The van der Waals surface area contributed by atoms with Crippen molar-refractivity contribution in [2.75, 3.05) is 30.0 Å². The standard InChI is InChI=1S/C20H25ClN2O4S2/c1-15(23(29(3,25)26)18-8-10-19(27-2)11-9-18)20(24)22-12-13-28-14-16-4-6-17(21)7-5-16/h4-11,15H,12-14H2,1-3H3,(H,22,24)/t15-/m1/s1. The Morgan fingerprint density at radius 1 is 1.17 bits per heavy atom. The predicted octanol–water partition coefficient (Wildman–Crippen LogP) is 3.55. The lowest BCUT2D eigenvalue weighted by molar-refractivity contribution is -0.121. The van der Waals surface area contributed by atoms with E-state index in [0.717, 1.165) is 21.9 Å². The molecule has 0 spiro atoms. The second-order valence-electron chi connectivity index (χ2n) is 6.40. The third kappa shape index (κ3) is 7.13. The number of carbonyl (C=O) groups excluding carboxylic acids is 1. The summed E-state index contributed by atoms with van der Waals surface area (Å²) in [6.45, 7) is 2.02. The second kappa shape index (κ2) is 10.8. The van der Waals surface area contributed by atoms with E-state index in [2.05, 4.69) is 5.32 Å². The van der Waals surface area contributed by atoms with Crippen LogP contribution in [0.25, 0.3) is 0 Å². The number of hydrogen-bond donors (Lipinski definition) is 1. The van der Waals surface area contributed by atoms with Gasteiger partial charge in [0.2, 0.25) is 15.9 Å². The van der Waals surface area contributed by atoms with Gasteiger partial charge in [-0.2, -0.15) is 11.8 Å². The van der Waals surface area contributed by atoms with Crippen LogP contribution in [0.5, 0.6) is 5.75 Å². The number of halogens is 1. The van der Waals surface area contributed by atoms with Crippen molar-refractivity contribution in [3.63, 3.8) is 0 Å². The molecule has 9 heteroatoms. The molecule has 0 saturated carbocycles. The van der Waals surface area contributed by atoms with Crippen LogP contribution in [0.4, 0.5) is 5.69 Å². The molecule has 0 bridgehead atoms. The number of anilines is 1. The number of sulfonamides is 1. The van der Waals surface area contributed by atoms with Gasteiger partial charge in [0.1, 0.15) is 11.8 Å². The lowest BCUT2D eigenvalue weighted by Gasteiger charge is -2.28. The molecular formula is C20H25ClN2O4S2. The average Bonchev–Trinajstić information content (AvgIpc) is 2.68. The van der Waals surface area contributed by atoms with Crippen LogP contribution in [0.1, 0.15) is 12.5 Å². The van der Waals surface area contributed by atoms with Gasteiger partial charge < -0.3 is 10.1 Å². The van der Waals surface area contributed by atoms with E-state index < -0.39 is 16.1 Å². The Labute approximate surface area is 181 Å². The molecule has 0 aliphatic carbocycles. The van der Waals surface area contributed by atoms with Gasteiger partial charge in [0.05, 0.1) is 19.1 Å². The third-order valence-electron chi connectivity index (χ3n) is 4.14. The molecule has 1 N–H and O–H groups in total. The molecule has 0 heterocycles. The molecule has 1 amide bonds. The minimum absolute atomic E-state index is 0.349. The van der Waals surface area contributed by atoms with Gasteiger partial charge in [-0.1, -0.05) is 23.7 Å². The lowest BCUT2D eigenvalue weighted by atomic mass is 10.2. The van der Waals surface area contributed by atoms with Gasteiger partial charge in [0, 0.05) is 23.1 Å². The normalized spacial score (nSPS) is 12.3. The van der Waals surface area contributed by atoms with E-state index in [9.17, 15) is 13.2 Å². The molecule has 0 aliphatic rings. The summed E-state index contributed by atoms with van der Waals surface area (Å²) in [5.74, 6) is 1.78. The SMILES string of the molecule is COc1ccc(N([C@H](C)C(=O)NCCSCc2ccc(Cl)cc2)S(C)(=O)=O)cc1. The van der Waals surface area contributed by atoms with E-state index in [-0.39, 0.29) is 5.91 Å². The summed E-state index contributed by atoms with van der Waals surface area (Å²) in [6, 6.07) is 13.3. The van der Waals surface area contributed by atoms with E-state index in [1.165, 1.54) is 7.11 Å². The molecule has 29 heavy (non-hydrogen) atoms. The summed E-state index contributed by atoms with van der Waals surface area (Å²) in [4.78, 5) is 12.5. The monoisotopic (exact) mass is 456 g/mol. The number of benzene rings is 2. The van der Waals surface area contributed by atoms with Gasteiger partial charge in [-0.05, 0) is 48.9 Å². The van der Waals surface area contributed by atoms with E-state index in [1.807, 2.05) is 24.3 Å². The van der Waals surface area contributed by atoms with Crippen molar-refractivity contribution in [1.29, 1.82) is 0 Å². The summed E-state index contributed by atoms with van der Waals surface area (Å²) in [5.41, 5.74) is 1.56. The van der Waals surface area contributed by atoms with Crippen LogP contribution in [0.2, 0.25) is 5.02 Å². The molecule has 2 rings (SSSR count). The molecule has 6 nitrogen and oxygen atoms in total. The summed E-state index contributed by atoms with van der Waals surface area (Å²) >= 11 is 7.55. The molecule has 0 saturated heterocycles. The zero-order valence-corrected chi connectivity index (χ0v) is 19.0. The number of nitrogens with zero attached hydrogens (tertiary/aromatic N) is 1. The summed E-state index contributed by atoms with van der Waals surface area (Å²) < 4.78 is 30.8. The number of hydrogen-bond acceptors (Lipinski definition) is 5. The molecular weight excluding hydrogens is 432 g/mol. The van der Waals surface area contributed by atoms with Crippen molar-refractivity contribution in [2.45, 2.75) is 18.7 Å². The first-order chi connectivity index (χ1) is 13.7. The largest absolute Gasteiger partial charge is 0.497 e. The smallest absolute Gasteiger partial charge is 0.243 e. The van der Waals surface area contributed by atoms with Crippen molar-refractivity contribution < 1.29 is 17.9 Å². The topological polar surface area (TPSA) is 75.7 Å². The maximum Gasteiger partial charge on any atom is 0.243 e. The van der Waals surface area contributed by atoms with Crippen molar-refractivity contribution in [3.8, 4) is 5.75 Å². The third-order valence-corrected chi connectivity index (χ3v) is 6.67. The molecule has 0 aromatic heterocycles. The first kappa shape index (κ1) is 23.4. The second-order valence-corrected chi connectivity index (χ2v) is 9.80. The van der Waals surface area contributed by atoms with E-state index in [1.54, 1.807) is 43.0 Å². The van der Waals surface area contributed by atoms with Gasteiger partial charge in [-0.3, -0.25) is 9.10 Å². The highest BCUT2D eigenvalue weighted by Crippen LogP contribution is 2.24. The highest BCUT2D eigenvalue weighted by Gasteiger charge is 2.28. The minimum Gasteiger partial charge on any atom is -0.497 e. The van der Waals surface area contributed by atoms with Crippen molar-refractivity contribution in [3.05, 3.63) is 59.1 Å². The maximum absolute atomic E-state index is 12.5. The highest BCUT2D eigenvalue weighted by molar-refractivity contribution is 7.98. The van der Waals surface area contributed by atoms with Gasteiger partial charge in [-0.15, -0.1) is 0 Å². The Hall–Kier alpha value is -1.90. The number of thioether (sulfide) groups is 1. The molecule has 0 fully saturated rings. The van der Waals surface area contributed by atoms with Crippen molar-refractivity contribution in [2.24, 2.45) is 0 Å². The molecule has 0 aliphatic heterocycles. The molecule has 2 aromatic carbocycles. The van der Waals surface area contributed by atoms with Crippen LogP contribution >= 0.6 is 23.4 Å². The molecule has 0 unspecified atom stereocenters. The minimum atomic E-state index is -3.64. The maximum atomic E-state index is 12.5. The fourth-order valence-electron chi connectivity index (χ4n) is 2.70. The summed E-state index contributed by atoms with van der Waals surface area (Å²) in [5, 5.41) is 3.51. The Morgan fingerprint density at radius 3 is 2.34 bits per heavy atom. The number of methoxy groups -OCH3 is 1. The summed E-state index contributed by atoms with van der Waals surface area (Å²) in [7, 11) is -2.11. The lowest BCUT2D eigenvalue weighted by Crippen LogP contribution is -2.48. The average molecular weight is 457 g/mol. The Kier molecular flexibility index (Phi) is 8.67. The van der Waals surface area contributed by atoms with Crippen LogP contribution in [-0.4, -0.2) is 46.0 Å². The Bertz CT molecular complexity index is 903. The molecule has 2 aromatic rings. The number of carbonyl (C=O) groups is 1. The number of amides is 1. The quantitative estimate of drug-likeness (QED) is 0.553. The van der Waals surface area contributed by atoms with Crippen LogP contribution in [0.3, 0.4) is 0 Å². The molecule has 0 radical (unpaired) electrons. The highest BCUT2D eigenvalue weighted by atomic mass is 35.5. The Morgan fingerprint density at radius 2 is 1.79 bits per heavy atom. The van der Waals surface area contributed by atoms with E-state index in [4.69, 9.17) is 16.3 Å². The number of ether oxygens (including phenoxy) is 1. The van der Waals surface area contributed by atoms with Gasteiger partial charge in [-0.25, -0.2) is 8.42 Å². The van der Waals surface area contributed by atoms with Gasteiger partial charge in [0.15, 0.2) is 0 Å². The van der Waals surface area contributed by atoms with Crippen molar-refractivity contribution in [1.82, 2.24) is 5.32 Å². The summed E-state index contributed by atoms with van der Waals surface area (Å²) in [6.07, 6.45) is 1.09. The van der Waals surface area contributed by atoms with Gasteiger partial charge in [0.25, 0.3) is 0 Å². The number of nitrogens with one attached hydrogen (secondary N) is 1. The van der Waals surface area contributed by atoms with Gasteiger partial charge >= 0.3 is 0 Å². The van der Waals surface area contributed by atoms with E-state index >= 15 is 0 Å². The first-order valence-electron chi connectivity index (χ1n) is 8.95. The van der Waals surface area contributed by atoms with E-state index in [0.29, 0.717) is 28.8 Å². The predicted molar refractivity (Wildman–Crippen MR) is 120 cm³/mol. The fourth-order valence-corrected chi connectivity index (χ4v) is 4.82. The zero-order chi connectivity index (χ0) is 21.4. The Balaban J connectivity index is 1.90. The van der Waals surface area contributed by atoms with Crippen molar-refractivity contribution >= 4 is 45.0 Å². The van der Waals surface area contributed by atoms with Crippen LogP contribution in [-0.2, 0) is 20.6 Å².